The molecule has 5 heteroatoms. The first-order valence-corrected chi connectivity index (χ1v) is 2.88. The molecule has 11 heavy (non-hydrogen) atoms. The predicted molar refractivity (Wildman–Crippen MR) is 38.6 cm³/mol. The fraction of sp³-hybridized carbons (Fsp3) is 0.333. The summed E-state index contributed by atoms with van der Waals surface area (Å²) in [7, 11) is 0. The van der Waals surface area contributed by atoms with Crippen LogP contribution in [-0.2, 0) is 9.59 Å². The molecular formula is C6H10N2O3. The summed E-state index contributed by atoms with van der Waals surface area (Å²) < 4.78 is 0. The van der Waals surface area contributed by atoms with Crippen LogP contribution in [0, 0.1) is 0 Å². The number of carbonyl (C=O) groups excluding carboxylic acids is 1. The van der Waals surface area contributed by atoms with E-state index in [2.05, 4.69) is 6.58 Å². The fourth-order valence-electron chi connectivity index (χ4n) is 0.521. The van der Waals surface area contributed by atoms with Crippen LogP contribution in [0.5, 0.6) is 0 Å². The molecule has 0 aromatic heterocycles. The second-order valence-corrected chi connectivity index (χ2v) is 2.13. The molecule has 1 amide bonds. The zero-order valence-corrected chi connectivity index (χ0v) is 5.91. The van der Waals surface area contributed by atoms with E-state index in [4.69, 9.17) is 16.6 Å². The molecule has 0 aromatic carbocycles. The zero-order valence-electron chi connectivity index (χ0n) is 5.91. The largest absolute Gasteiger partial charge is 0.479 e. The number of amides is 1. The Kier molecular flexibility index (Phi) is 2.77. The molecule has 5 nitrogen and oxygen atoms in total. The summed E-state index contributed by atoms with van der Waals surface area (Å²) in [5.41, 5.74) is 7.90. The van der Waals surface area contributed by atoms with Gasteiger partial charge >= 0.3 is 5.97 Å². The third-order valence-corrected chi connectivity index (χ3v) is 1.29. The van der Waals surface area contributed by atoms with Gasteiger partial charge in [-0.25, -0.2) is 4.79 Å². The molecule has 0 aromatic rings. The van der Waals surface area contributed by atoms with E-state index in [9.17, 15) is 9.59 Å². The number of nitrogens with two attached hydrogens (primary N) is 2. The Balaban J connectivity index is 4.65. The molecule has 0 fully saturated rings. The van der Waals surface area contributed by atoms with Gasteiger partial charge in [0.1, 0.15) is 0 Å². The van der Waals surface area contributed by atoms with Crippen molar-refractivity contribution < 1.29 is 14.7 Å². The molecule has 0 aliphatic rings. The van der Waals surface area contributed by atoms with Gasteiger partial charge in [-0.2, -0.15) is 0 Å². The molecule has 1 atom stereocenters. The average molecular weight is 158 g/mol. The molecule has 0 spiro atoms. The molecule has 1 unspecified atom stereocenters. The highest BCUT2D eigenvalue weighted by Gasteiger charge is 2.39. The Morgan fingerprint density at radius 3 is 2.18 bits per heavy atom. The van der Waals surface area contributed by atoms with Gasteiger partial charge in [0.05, 0.1) is 0 Å². The van der Waals surface area contributed by atoms with E-state index in [1.165, 1.54) is 6.08 Å². The number of carbonyl (C=O) groups is 2. The van der Waals surface area contributed by atoms with Crippen LogP contribution in [-0.4, -0.2) is 22.5 Å². The van der Waals surface area contributed by atoms with Crippen molar-refractivity contribution >= 4 is 11.9 Å². The van der Waals surface area contributed by atoms with Crippen molar-refractivity contribution in [2.45, 2.75) is 12.0 Å². The highest BCUT2D eigenvalue weighted by atomic mass is 16.4. The summed E-state index contributed by atoms with van der Waals surface area (Å²) in [5, 5.41) is 8.46. The summed E-state index contributed by atoms with van der Waals surface area (Å²) in [6.45, 7) is 3.26. The summed E-state index contributed by atoms with van der Waals surface area (Å²) in [6, 6.07) is 0. The first kappa shape index (κ1) is 9.64. The van der Waals surface area contributed by atoms with E-state index in [-0.39, 0.29) is 6.42 Å². The molecule has 5 N–H and O–H groups in total. The average Bonchev–Trinajstić information content (AvgIpc) is 1.87. The summed E-state index contributed by atoms with van der Waals surface area (Å²) in [4.78, 5) is 20.9. The maximum atomic E-state index is 10.5. The Morgan fingerprint density at radius 1 is 1.64 bits per heavy atom. The number of carboxylic acids is 1. The third kappa shape index (κ3) is 1.78. The van der Waals surface area contributed by atoms with Gasteiger partial charge in [0.25, 0.3) is 0 Å². The fourth-order valence-corrected chi connectivity index (χ4v) is 0.521. The molecule has 0 aliphatic carbocycles. The standard InChI is InChI=1S/C6H10N2O3/c1-2-3-6(8,4(7)9)5(10)11/h2H,1,3,8H2,(H2,7,9)(H,10,11). The molecule has 0 aliphatic heterocycles. The summed E-state index contributed by atoms with van der Waals surface area (Å²) >= 11 is 0. The molecule has 0 rings (SSSR count). The highest BCUT2D eigenvalue weighted by molar-refractivity contribution is 6.05. The molecule has 0 radical (unpaired) electrons. The lowest BCUT2D eigenvalue weighted by atomic mass is 9.96. The van der Waals surface area contributed by atoms with Crippen LogP contribution >= 0.6 is 0 Å². The predicted octanol–water partition coefficient (Wildman–Crippen LogP) is -1.17. The van der Waals surface area contributed by atoms with Crippen molar-refractivity contribution in [3.05, 3.63) is 12.7 Å². The number of rotatable bonds is 4. The maximum absolute atomic E-state index is 10.5. The van der Waals surface area contributed by atoms with E-state index in [1.54, 1.807) is 0 Å². The van der Waals surface area contributed by atoms with Crippen LogP contribution in [0.3, 0.4) is 0 Å². The van der Waals surface area contributed by atoms with E-state index in [1.807, 2.05) is 0 Å². The van der Waals surface area contributed by atoms with Crippen molar-refractivity contribution in [2.75, 3.05) is 0 Å². The maximum Gasteiger partial charge on any atom is 0.333 e. The van der Waals surface area contributed by atoms with Gasteiger partial charge in [-0.1, -0.05) is 6.08 Å². The van der Waals surface area contributed by atoms with E-state index >= 15 is 0 Å². The molecular weight excluding hydrogens is 148 g/mol. The molecule has 0 saturated heterocycles. The van der Waals surface area contributed by atoms with E-state index in [0.29, 0.717) is 0 Å². The van der Waals surface area contributed by atoms with Gasteiger partial charge in [0, 0.05) is 6.42 Å². The van der Waals surface area contributed by atoms with Crippen molar-refractivity contribution in [3.8, 4) is 0 Å². The van der Waals surface area contributed by atoms with Gasteiger partial charge in [0.2, 0.25) is 5.91 Å². The summed E-state index contributed by atoms with van der Waals surface area (Å²) in [6.07, 6.45) is 1.07. The van der Waals surface area contributed by atoms with E-state index in [0.717, 1.165) is 0 Å². The van der Waals surface area contributed by atoms with Gasteiger partial charge in [-0.15, -0.1) is 6.58 Å². The first-order chi connectivity index (χ1) is 4.95. The van der Waals surface area contributed by atoms with Crippen LogP contribution in [0.2, 0.25) is 0 Å². The van der Waals surface area contributed by atoms with Crippen LogP contribution < -0.4 is 11.5 Å². The number of hydrogen-bond acceptors (Lipinski definition) is 3. The van der Waals surface area contributed by atoms with Gasteiger partial charge in [-0.3, -0.25) is 4.79 Å². The first-order valence-electron chi connectivity index (χ1n) is 2.88. The number of aliphatic carboxylic acids is 1. The minimum atomic E-state index is -2.01. The minimum Gasteiger partial charge on any atom is -0.479 e. The second kappa shape index (κ2) is 3.16. The number of primary amides is 1. The smallest absolute Gasteiger partial charge is 0.333 e. The highest BCUT2D eigenvalue weighted by Crippen LogP contribution is 2.06. The Bertz CT molecular complexity index is 186. The third-order valence-electron chi connectivity index (χ3n) is 1.29. The SMILES string of the molecule is C=CCC(N)(C(N)=O)C(=O)O. The molecule has 62 valence electrons. The second-order valence-electron chi connectivity index (χ2n) is 2.13. The monoisotopic (exact) mass is 158 g/mol. The Labute approximate surface area is 63.7 Å². The lowest BCUT2D eigenvalue weighted by Crippen LogP contribution is -2.57. The minimum absolute atomic E-state index is 0.169. The Hall–Kier alpha value is -1.36. The topological polar surface area (TPSA) is 106 Å². The van der Waals surface area contributed by atoms with Crippen LogP contribution in [0.4, 0.5) is 0 Å². The Morgan fingerprint density at radius 2 is 2.09 bits per heavy atom. The molecule has 0 bridgehead atoms. The lowest BCUT2D eigenvalue weighted by molar-refractivity contribution is -0.147. The normalized spacial score (nSPS) is 15.0. The van der Waals surface area contributed by atoms with Crippen LogP contribution in [0.25, 0.3) is 0 Å². The van der Waals surface area contributed by atoms with Gasteiger partial charge in [0.15, 0.2) is 5.54 Å². The van der Waals surface area contributed by atoms with Crippen molar-refractivity contribution in [1.82, 2.24) is 0 Å². The van der Waals surface area contributed by atoms with Crippen molar-refractivity contribution in [2.24, 2.45) is 11.5 Å². The summed E-state index contributed by atoms with van der Waals surface area (Å²) in [5.74, 6) is -2.50. The van der Waals surface area contributed by atoms with Crippen molar-refractivity contribution in [1.29, 1.82) is 0 Å². The number of hydrogen-bond donors (Lipinski definition) is 3. The molecule has 0 saturated carbocycles. The van der Waals surface area contributed by atoms with Gasteiger partial charge < -0.3 is 16.6 Å². The molecule has 0 heterocycles. The van der Waals surface area contributed by atoms with Crippen LogP contribution in [0.1, 0.15) is 6.42 Å². The van der Waals surface area contributed by atoms with Gasteiger partial charge in [-0.05, 0) is 0 Å². The van der Waals surface area contributed by atoms with Crippen molar-refractivity contribution in [3.63, 3.8) is 0 Å². The lowest BCUT2D eigenvalue weighted by Gasteiger charge is -2.17. The van der Waals surface area contributed by atoms with Crippen LogP contribution in [0.15, 0.2) is 12.7 Å². The zero-order chi connectivity index (χ0) is 9.07. The van der Waals surface area contributed by atoms with E-state index < -0.39 is 17.4 Å². The number of carboxylic acid groups (broad SMARTS) is 1. The quantitative estimate of drug-likeness (QED) is 0.354.